The monoisotopic (exact) mass is 864 g/mol. The van der Waals surface area contributed by atoms with Crippen LogP contribution in [0.15, 0.2) is 206 Å². The average molecular weight is 865 g/mol. The van der Waals surface area contributed by atoms with Crippen molar-refractivity contribution in [3.05, 3.63) is 229 Å². The summed E-state index contributed by atoms with van der Waals surface area (Å²) in [6, 6.07) is 75.2. The molecule has 0 N–H and O–H groups in total. The third kappa shape index (κ3) is 4.07. The summed E-state index contributed by atoms with van der Waals surface area (Å²) in [5, 5.41) is 4.88. The number of ether oxygens (including phenoxy) is 3. The van der Waals surface area contributed by atoms with Gasteiger partial charge >= 0.3 is 0 Å². The minimum Gasteiger partial charge on any atom is -0.458 e. The second kappa shape index (κ2) is 12.4. The standard InChI is InChI=1S/C61H34B2N2O3/c1-7-25-45-35(15-1)36-16-2-8-26-46(36)64(45)49-29-14-24-44-59(49)67-52-31-12-20-40-55(52)62(44)43-23-6-5-19-39(43)61(40)41-21-11-30-51-56(41)63-57-42(61)22-13-32-53(57)68-60-50(33-34-54(66-51)58(60)63)65-47-27-9-3-17-37(47)38-18-4-10-28-48(38)65/h1-34H. The van der Waals surface area contributed by atoms with Gasteiger partial charge in [-0.05, 0) is 105 Å². The van der Waals surface area contributed by atoms with Crippen molar-refractivity contribution in [2.24, 2.45) is 0 Å². The molecule has 0 aliphatic carbocycles. The van der Waals surface area contributed by atoms with Gasteiger partial charge in [0.15, 0.2) is 0 Å². The molecule has 0 amide bonds. The Labute approximate surface area is 391 Å². The molecule has 0 radical (unpaired) electrons. The highest BCUT2D eigenvalue weighted by atomic mass is 16.5. The van der Waals surface area contributed by atoms with E-state index in [0.717, 1.165) is 78.9 Å². The molecule has 68 heavy (non-hydrogen) atoms. The summed E-state index contributed by atoms with van der Waals surface area (Å²) >= 11 is 0. The molecule has 1 unspecified atom stereocenters. The van der Waals surface area contributed by atoms with Crippen LogP contribution in [0.1, 0.15) is 22.3 Å². The number of hydrogen-bond donors (Lipinski definition) is 0. The molecular formula is C61H34B2N2O3. The maximum atomic E-state index is 7.42. The lowest BCUT2D eigenvalue weighted by Gasteiger charge is -2.52. The van der Waals surface area contributed by atoms with Gasteiger partial charge in [0.1, 0.15) is 34.5 Å². The molecule has 0 saturated carbocycles. The number of benzene rings is 10. The van der Waals surface area contributed by atoms with Gasteiger partial charge in [0.25, 0.3) is 13.4 Å². The Morgan fingerprint density at radius 2 is 0.706 bits per heavy atom. The van der Waals surface area contributed by atoms with E-state index < -0.39 is 5.41 Å². The smallest absolute Gasteiger partial charge is 0.261 e. The summed E-state index contributed by atoms with van der Waals surface area (Å²) < 4.78 is 26.7. The van der Waals surface area contributed by atoms with Crippen LogP contribution in [0, 0.1) is 0 Å². The highest BCUT2D eigenvalue weighted by molar-refractivity contribution is 7.00. The number of para-hydroxylation sites is 5. The number of rotatable bonds is 2. The molecular weight excluding hydrogens is 830 g/mol. The fraction of sp³-hybridized carbons (Fsp3) is 0.0164. The quantitative estimate of drug-likeness (QED) is 0.163. The van der Waals surface area contributed by atoms with Crippen molar-refractivity contribution in [3.63, 3.8) is 0 Å². The number of hydrogen-bond acceptors (Lipinski definition) is 3. The second-order valence-electron chi connectivity index (χ2n) is 18.9. The van der Waals surface area contributed by atoms with Crippen molar-refractivity contribution in [1.82, 2.24) is 9.13 Å². The normalized spacial score (nSPS) is 16.0. The van der Waals surface area contributed by atoms with Crippen LogP contribution in [0.5, 0.6) is 34.5 Å². The predicted octanol–water partition coefficient (Wildman–Crippen LogP) is 10.2. The zero-order valence-electron chi connectivity index (χ0n) is 36.4. The summed E-state index contributed by atoms with van der Waals surface area (Å²) in [5.74, 6) is 5.21. The maximum absolute atomic E-state index is 7.42. The Balaban J connectivity index is 0.927. The van der Waals surface area contributed by atoms with Crippen molar-refractivity contribution in [2.75, 3.05) is 0 Å². The molecule has 312 valence electrons. The summed E-state index contributed by atoms with van der Waals surface area (Å²) in [7, 11) is 0. The Bertz CT molecular complexity index is 4160. The first-order valence-corrected chi connectivity index (χ1v) is 23.6. The number of fused-ring (bicyclic) bond motifs is 14. The predicted molar refractivity (Wildman–Crippen MR) is 276 cm³/mol. The lowest BCUT2D eigenvalue weighted by Crippen LogP contribution is -2.70. The first-order valence-electron chi connectivity index (χ1n) is 23.6. The van der Waals surface area contributed by atoms with E-state index in [2.05, 4.69) is 215 Å². The van der Waals surface area contributed by atoms with Crippen LogP contribution in [-0.4, -0.2) is 22.6 Å². The fourth-order valence-corrected chi connectivity index (χ4v) is 13.6. The molecule has 5 nitrogen and oxygen atoms in total. The Hall–Kier alpha value is -8.67. The number of aromatic nitrogens is 2. The molecule has 0 bridgehead atoms. The molecule has 5 aliphatic heterocycles. The zero-order chi connectivity index (χ0) is 44.0. The SMILES string of the molecule is c1ccc2c(c1)B1c3cccc(-n4c5ccccc5c5ccccc54)c3Oc3cccc(c31)C21c2cccc3c2B2c4c(cccc41)Oc1c(-n4c5ccccc5c5ccccc54)ccc(c12)O3. The van der Waals surface area contributed by atoms with Gasteiger partial charge in [-0.2, -0.15) is 0 Å². The van der Waals surface area contributed by atoms with Crippen LogP contribution in [-0.2, 0) is 5.41 Å². The summed E-state index contributed by atoms with van der Waals surface area (Å²) in [4.78, 5) is 0. The van der Waals surface area contributed by atoms with Gasteiger partial charge in [0.2, 0.25) is 0 Å². The van der Waals surface area contributed by atoms with Gasteiger partial charge in [-0.25, -0.2) is 0 Å². The summed E-state index contributed by atoms with van der Waals surface area (Å²) in [6.07, 6.45) is 0. The van der Waals surface area contributed by atoms with E-state index in [1.807, 2.05) is 0 Å². The summed E-state index contributed by atoms with van der Waals surface area (Å²) in [5.41, 5.74) is 18.0. The Morgan fingerprint density at radius 1 is 0.294 bits per heavy atom. The van der Waals surface area contributed by atoms with Crippen LogP contribution in [0.3, 0.4) is 0 Å². The largest absolute Gasteiger partial charge is 0.458 e. The third-order valence-corrected chi connectivity index (χ3v) is 16.0. The maximum Gasteiger partial charge on any atom is 0.261 e. The van der Waals surface area contributed by atoms with Gasteiger partial charge in [-0.15, -0.1) is 0 Å². The Kier molecular flexibility index (Phi) is 6.49. The van der Waals surface area contributed by atoms with E-state index in [0.29, 0.717) is 0 Å². The van der Waals surface area contributed by atoms with Crippen LogP contribution in [0.25, 0.3) is 55.0 Å². The second-order valence-corrected chi connectivity index (χ2v) is 18.9. The molecule has 1 atom stereocenters. The van der Waals surface area contributed by atoms with E-state index >= 15 is 0 Å². The van der Waals surface area contributed by atoms with Crippen LogP contribution >= 0.6 is 0 Å². The topological polar surface area (TPSA) is 37.5 Å². The van der Waals surface area contributed by atoms with Crippen molar-refractivity contribution in [1.29, 1.82) is 0 Å². The van der Waals surface area contributed by atoms with Crippen molar-refractivity contribution in [3.8, 4) is 45.9 Å². The molecule has 0 fully saturated rings. The van der Waals surface area contributed by atoms with Crippen LogP contribution in [0.2, 0.25) is 0 Å². The van der Waals surface area contributed by atoms with Gasteiger partial charge < -0.3 is 23.3 Å². The molecule has 2 aromatic heterocycles. The third-order valence-electron chi connectivity index (χ3n) is 16.0. The van der Waals surface area contributed by atoms with Gasteiger partial charge in [-0.1, -0.05) is 151 Å². The van der Waals surface area contributed by atoms with E-state index in [9.17, 15) is 0 Å². The van der Waals surface area contributed by atoms with E-state index in [1.165, 1.54) is 65.6 Å². The van der Waals surface area contributed by atoms with Gasteiger partial charge in [0.05, 0.1) is 38.9 Å². The molecule has 12 aromatic rings. The molecule has 10 aromatic carbocycles. The van der Waals surface area contributed by atoms with E-state index in [4.69, 9.17) is 14.2 Å². The lowest BCUT2D eigenvalue weighted by molar-refractivity contribution is 0.460. The average Bonchev–Trinajstić information content (AvgIpc) is 3.91. The fourth-order valence-electron chi connectivity index (χ4n) is 13.6. The van der Waals surface area contributed by atoms with Crippen molar-refractivity contribution in [2.45, 2.75) is 5.41 Å². The highest BCUT2D eigenvalue weighted by Gasteiger charge is 2.58. The molecule has 7 heteroatoms. The van der Waals surface area contributed by atoms with Gasteiger partial charge in [-0.3, -0.25) is 0 Å². The molecule has 0 saturated heterocycles. The first-order chi connectivity index (χ1) is 33.8. The van der Waals surface area contributed by atoms with Crippen molar-refractivity contribution >= 4 is 89.8 Å². The van der Waals surface area contributed by atoms with Crippen molar-refractivity contribution < 1.29 is 14.2 Å². The summed E-state index contributed by atoms with van der Waals surface area (Å²) in [6.45, 7) is -0.195. The number of nitrogens with zero attached hydrogens (tertiary/aromatic N) is 2. The molecule has 5 aliphatic rings. The Morgan fingerprint density at radius 3 is 1.28 bits per heavy atom. The first kappa shape index (κ1) is 35.6. The van der Waals surface area contributed by atoms with Crippen LogP contribution < -0.4 is 47.0 Å². The molecule has 17 rings (SSSR count). The van der Waals surface area contributed by atoms with E-state index in [1.54, 1.807) is 0 Å². The lowest BCUT2D eigenvalue weighted by atomic mass is 9.25. The highest BCUT2D eigenvalue weighted by Crippen LogP contribution is 2.53. The van der Waals surface area contributed by atoms with E-state index in [-0.39, 0.29) is 13.4 Å². The minimum absolute atomic E-state index is 0.0785. The zero-order valence-corrected chi connectivity index (χ0v) is 36.4. The van der Waals surface area contributed by atoms with Gasteiger partial charge in [0, 0.05) is 27.0 Å². The minimum atomic E-state index is -0.719. The molecule has 1 spiro atoms. The molecule has 7 heterocycles. The van der Waals surface area contributed by atoms with Crippen LogP contribution in [0.4, 0.5) is 0 Å².